The van der Waals surface area contributed by atoms with E-state index in [0.29, 0.717) is 12.0 Å². The van der Waals surface area contributed by atoms with Gasteiger partial charge in [0.1, 0.15) is 12.1 Å². The fourth-order valence-corrected chi connectivity index (χ4v) is 4.81. The van der Waals surface area contributed by atoms with Crippen LogP contribution in [-0.2, 0) is 21.5 Å². The number of nitrogens with one attached hydrogen (secondary N) is 1. The van der Waals surface area contributed by atoms with Crippen molar-refractivity contribution in [3.8, 4) is 11.1 Å². The molecule has 5 rings (SSSR count). The summed E-state index contributed by atoms with van der Waals surface area (Å²) in [6.07, 6.45) is 0.0601. The van der Waals surface area contributed by atoms with Gasteiger partial charge in [-0.15, -0.1) is 0 Å². The number of carbonyl (C=O) groups excluding carboxylic acids is 2. The summed E-state index contributed by atoms with van der Waals surface area (Å²) < 4.78 is 5.55. The molecular formula is C25H20NO4-. The molecule has 0 heterocycles. The predicted molar refractivity (Wildman–Crippen MR) is 110 cm³/mol. The lowest BCUT2D eigenvalue weighted by Gasteiger charge is -2.32. The Bertz CT molecular complexity index is 1110. The minimum atomic E-state index is -1.56. The summed E-state index contributed by atoms with van der Waals surface area (Å²) in [4.78, 5) is 24.7. The van der Waals surface area contributed by atoms with Crippen molar-refractivity contribution in [2.45, 2.75) is 24.3 Å². The highest BCUT2D eigenvalue weighted by Crippen LogP contribution is 2.44. The van der Waals surface area contributed by atoms with Crippen molar-refractivity contribution in [1.82, 2.24) is 5.32 Å². The van der Waals surface area contributed by atoms with E-state index in [2.05, 4.69) is 17.4 Å². The van der Waals surface area contributed by atoms with E-state index in [0.717, 1.165) is 27.8 Å². The molecule has 3 aromatic carbocycles. The van der Waals surface area contributed by atoms with Crippen LogP contribution < -0.4 is 10.4 Å². The zero-order chi connectivity index (χ0) is 20.7. The average molecular weight is 398 g/mol. The fraction of sp³-hybridized carbons (Fsp3) is 0.200. The van der Waals surface area contributed by atoms with Gasteiger partial charge in [0.25, 0.3) is 0 Å². The molecule has 2 aliphatic rings. The summed E-state index contributed by atoms with van der Waals surface area (Å²) in [5.41, 5.74) is 4.40. The van der Waals surface area contributed by atoms with Crippen LogP contribution in [0.15, 0.2) is 72.8 Å². The Kier molecular flexibility index (Phi) is 4.31. The van der Waals surface area contributed by atoms with Crippen molar-refractivity contribution in [2.24, 2.45) is 0 Å². The first kappa shape index (κ1) is 18.4. The van der Waals surface area contributed by atoms with Gasteiger partial charge in [-0.25, -0.2) is 4.79 Å². The first-order chi connectivity index (χ1) is 14.6. The van der Waals surface area contributed by atoms with E-state index in [-0.39, 0.29) is 18.9 Å². The molecule has 5 nitrogen and oxygen atoms in total. The third kappa shape index (κ3) is 2.77. The van der Waals surface area contributed by atoms with Crippen LogP contribution in [0.5, 0.6) is 0 Å². The number of amides is 1. The van der Waals surface area contributed by atoms with Gasteiger partial charge in [-0.05, 0) is 46.2 Å². The maximum atomic E-state index is 12.7. The number of carboxylic acids is 1. The molecule has 5 heteroatoms. The summed E-state index contributed by atoms with van der Waals surface area (Å²) in [6, 6.07) is 23.4. The number of hydrogen-bond acceptors (Lipinski definition) is 4. The molecule has 1 amide bonds. The fourth-order valence-electron chi connectivity index (χ4n) is 4.81. The van der Waals surface area contributed by atoms with E-state index in [1.165, 1.54) is 0 Å². The molecule has 0 radical (unpaired) electrons. The topological polar surface area (TPSA) is 78.5 Å². The molecule has 1 atom stereocenters. The highest BCUT2D eigenvalue weighted by Gasteiger charge is 2.42. The van der Waals surface area contributed by atoms with E-state index < -0.39 is 17.6 Å². The molecule has 0 fully saturated rings. The van der Waals surface area contributed by atoms with E-state index >= 15 is 0 Å². The summed E-state index contributed by atoms with van der Waals surface area (Å²) in [6.45, 7) is 0.130. The van der Waals surface area contributed by atoms with Gasteiger partial charge < -0.3 is 20.0 Å². The SMILES string of the molecule is O=C(N[C@]1(C(=O)[O-])CCc2ccccc21)OCC1c2ccccc2-c2ccccc21. The van der Waals surface area contributed by atoms with Crippen LogP contribution >= 0.6 is 0 Å². The molecule has 0 spiro atoms. The molecule has 30 heavy (non-hydrogen) atoms. The average Bonchev–Trinajstić information content (AvgIpc) is 3.29. The zero-order valence-corrected chi connectivity index (χ0v) is 16.3. The quantitative estimate of drug-likeness (QED) is 0.732. The van der Waals surface area contributed by atoms with Gasteiger partial charge in [-0.1, -0.05) is 72.8 Å². The standard InChI is InChI=1S/C25H21NO4/c27-23(28)25(14-13-16-7-1-6-12-22(16)25)26-24(29)30-15-21-19-10-4-2-8-17(19)18-9-3-5-11-20(18)21/h1-12,21H,13-15H2,(H,26,29)(H,27,28)/p-1/t25-/m1/s1. The highest BCUT2D eigenvalue weighted by molar-refractivity contribution is 5.86. The van der Waals surface area contributed by atoms with Crippen molar-refractivity contribution >= 4 is 12.1 Å². The summed E-state index contributed by atoms with van der Waals surface area (Å²) in [5.74, 6) is -1.40. The maximum absolute atomic E-state index is 12.7. The number of aliphatic carboxylic acids is 1. The second-order valence-corrected chi connectivity index (χ2v) is 7.80. The number of benzene rings is 3. The largest absolute Gasteiger partial charge is 0.547 e. The minimum Gasteiger partial charge on any atom is -0.547 e. The van der Waals surface area contributed by atoms with Crippen LogP contribution in [0.25, 0.3) is 11.1 Å². The maximum Gasteiger partial charge on any atom is 0.408 e. The molecule has 0 bridgehead atoms. The molecule has 0 unspecified atom stereocenters. The number of rotatable bonds is 4. The lowest BCUT2D eigenvalue weighted by molar-refractivity contribution is -0.315. The van der Waals surface area contributed by atoms with Gasteiger partial charge in [-0.2, -0.15) is 0 Å². The van der Waals surface area contributed by atoms with Crippen molar-refractivity contribution in [2.75, 3.05) is 6.61 Å². The lowest BCUT2D eigenvalue weighted by Crippen LogP contribution is -2.56. The van der Waals surface area contributed by atoms with Crippen LogP contribution in [0.3, 0.4) is 0 Å². The Balaban J connectivity index is 1.37. The Morgan fingerprint density at radius 1 is 0.933 bits per heavy atom. The molecule has 1 N–H and O–H groups in total. The Morgan fingerprint density at radius 2 is 1.53 bits per heavy atom. The predicted octanol–water partition coefficient (Wildman–Crippen LogP) is 3.12. The normalized spacial score (nSPS) is 18.9. The van der Waals surface area contributed by atoms with Crippen molar-refractivity contribution in [1.29, 1.82) is 0 Å². The third-order valence-electron chi connectivity index (χ3n) is 6.25. The smallest absolute Gasteiger partial charge is 0.408 e. The Morgan fingerprint density at radius 3 is 2.20 bits per heavy atom. The van der Waals surface area contributed by atoms with Gasteiger partial charge in [0.2, 0.25) is 0 Å². The third-order valence-corrected chi connectivity index (χ3v) is 6.25. The number of carboxylic acid groups (broad SMARTS) is 1. The van der Waals surface area contributed by atoms with Crippen molar-refractivity contribution in [3.05, 3.63) is 95.1 Å². The van der Waals surface area contributed by atoms with Crippen molar-refractivity contribution in [3.63, 3.8) is 0 Å². The summed E-state index contributed by atoms with van der Waals surface area (Å²) in [5, 5.41) is 14.6. The second-order valence-electron chi connectivity index (χ2n) is 7.80. The number of hydrogen-bond donors (Lipinski definition) is 1. The molecular weight excluding hydrogens is 378 g/mol. The molecule has 0 saturated carbocycles. The lowest BCUT2D eigenvalue weighted by atomic mass is 9.92. The molecule has 150 valence electrons. The molecule has 3 aromatic rings. The van der Waals surface area contributed by atoms with Crippen molar-refractivity contribution < 1.29 is 19.4 Å². The van der Waals surface area contributed by atoms with Crippen LogP contribution in [0.1, 0.15) is 34.6 Å². The molecule has 0 aliphatic heterocycles. The van der Waals surface area contributed by atoms with Gasteiger partial charge in [0.15, 0.2) is 0 Å². The number of carbonyl (C=O) groups is 2. The first-order valence-corrected chi connectivity index (χ1v) is 10.0. The van der Waals surface area contributed by atoms with Gasteiger partial charge in [0.05, 0.1) is 5.97 Å². The number of ether oxygens (including phenoxy) is 1. The molecule has 0 aromatic heterocycles. The zero-order valence-electron chi connectivity index (χ0n) is 16.3. The van der Waals surface area contributed by atoms with Gasteiger partial charge >= 0.3 is 6.09 Å². The van der Waals surface area contributed by atoms with Crippen LogP contribution in [0, 0.1) is 0 Å². The number of aryl methyl sites for hydroxylation is 1. The summed E-state index contributed by atoms with van der Waals surface area (Å²) >= 11 is 0. The van der Waals surface area contributed by atoms with E-state index in [1.54, 1.807) is 12.1 Å². The van der Waals surface area contributed by atoms with E-state index in [1.807, 2.05) is 48.5 Å². The van der Waals surface area contributed by atoms with Gasteiger partial charge in [-0.3, -0.25) is 0 Å². The monoisotopic (exact) mass is 398 g/mol. The van der Waals surface area contributed by atoms with Crippen LogP contribution in [0.2, 0.25) is 0 Å². The highest BCUT2D eigenvalue weighted by atomic mass is 16.5. The number of fused-ring (bicyclic) bond motifs is 4. The first-order valence-electron chi connectivity index (χ1n) is 10.0. The van der Waals surface area contributed by atoms with E-state index in [4.69, 9.17) is 4.74 Å². The molecule has 2 aliphatic carbocycles. The van der Waals surface area contributed by atoms with E-state index in [9.17, 15) is 14.7 Å². The van der Waals surface area contributed by atoms with Gasteiger partial charge in [0, 0.05) is 5.92 Å². The summed E-state index contributed by atoms with van der Waals surface area (Å²) in [7, 11) is 0. The minimum absolute atomic E-state index is 0.0853. The Labute approximate surface area is 174 Å². The Hall–Kier alpha value is -3.60. The van der Waals surface area contributed by atoms with Crippen LogP contribution in [0.4, 0.5) is 4.79 Å². The second kappa shape index (κ2) is 7.02. The molecule has 0 saturated heterocycles. The number of alkyl carbamates (subject to hydrolysis) is 1. The van der Waals surface area contributed by atoms with Crippen LogP contribution in [-0.4, -0.2) is 18.7 Å².